The molecule has 0 aromatic heterocycles. The van der Waals surface area contributed by atoms with E-state index in [0.717, 1.165) is 10.5 Å². The normalized spacial score (nSPS) is 15.2. The Morgan fingerprint density at radius 1 is 1.11 bits per heavy atom. The summed E-state index contributed by atoms with van der Waals surface area (Å²) in [6, 6.07) is 12.3. The molecule has 0 atom stereocenters. The van der Waals surface area contributed by atoms with Gasteiger partial charge in [0, 0.05) is 17.6 Å². The molecule has 1 aliphatic rings. The van der Waals surface area contributed by atoms with Crippen LogP contribution in [0.3, 0.4) is 0 Å². The molecule has 140 valence electrons. The predicted octanol–water partition coefficient (Wildman–Crippen LogP) is 3.84. The summed E-state index contributed by atoms with van der Waals surface area (Å²) in [5, 5.41) is 3.17. The van der Waals surface area contributed by atoms with Crippen LogP contribution in [0.5, 0.6) is 11.5 Å². The molecule has 1 N–H and O–H groups in total. The van der Waals surface area contributed by atoms with Crippen LogP contribution >= 0.6 is 11.6 Å². The minimum absolute atomic E-state index is 0.217. The predicted molar refractivity (Wildman–Crippen MR) is 103 cm³/mol. The lowest BCUT2D eigenvalue weighted by Gasteiger charge is -2.13. The van der Waals surface area contributed by atoms with Crippen molar-refractivity contribution in [2.75, 3.05) is 13.7 Å². The molecule has 0 aliphatic carbocycles. The van der Waals surface area contributed by atoms with Crippen LogP contribution in [0.2, 0.25) is 5.02 Å². The number of likely N-dealkylation sites (N-methyl/N-ethyl adjacent to an activating group) is 1. The van der Waals surface area contributed by atoms with Gasteiger partial charge >= 0.3 is 6.03 Å². The smallest absolute Gasteiger partial charge is 0.328 e. The van der Waals surface area contributed by atoms with Crippen LogP contribution in [0.4, 0.5) is 4.79 Å². The molecule has 7 heteroatoms. The quantitative estimate of drug-likeness (QED) is 0.605. The number of ether oxygens (including phenoxy) is 2. The van der Waals surface area contributed by atoms with Gasteiger partial charge in [0.15, 0.2) is 11.5 Å². The lowest BCUT2D eigenvalue weighted by atomic mass is 10.1. The molecular weight excluding hydrogens is 368 g/mol. The van der Waals surface area contributed by atoms with E-state index in [1.54, 1.807) is 24.3 Å². The average molecular weight is 387 g/mol. The van der Waals surface area contributed by atoms with Crippen molar-refractivity contribution in [1.82, 2.24) is 10.2 Å². The fourth-order valence-corrected chi connectivity index (χ4v) is 2.75. The van der Waals surface area contributed by atoms with E-state index in [2.05, 4.69) is 5.32 Å². The summed E-state index contributed by atoms with van der Waals surface area (Å²) < 4.78 is 11.5. The first-order valence-corrected chi connectivity index (χ1v) is 8.81. The van der Waals surface area contributed by atoms with Gasteiger partial charge in [-0.05, 0) is 36.8 Å². The molecule has 1 aliphatic heterocycles. The summed E-state index contributed by atoms with van der Waals surface area (Å²) in [6.45, 7) is 2.64. The van der Waals surface area contributed by atoms with E-state index < -0.39 is 6.03 Å². The van der Waals surface area contributed by atoms with Crippen LogP contribution in [0.25, 0.3) is 6.08 Å². The molecule has 3 amide bonds. The number of carbonyl (C=O) groups excluding carboxylic acids is 2. The molecular formula is C20H19ClN2O4. The van der Waals surface area contributed by atoms with Crippen molar-refractivity contribution in [3.8, 4) is 11.5 Å². The summed E-state index contributed by atoms with van der Waals surface area (Å²) in [5.41, 5.74) is 1.80. The van der Waals surface area contributed by atoms with Crippen molar-refractivity contribution < 1.29 is 19.1 Å². The monoisotopic (exact) mass is 386 g/mol. The highest BCUT2D eigenvalue weighted by molar-refractivity contribution is 6.31. The largest absolute Gasteiger partial charge is 0.490 e. The third-order valence-corrected chi connectivity index (χ3v) is 4.37. The van der Waals surface area contributed by atoms with Crippen molar-refractivity contribution in [1.29, 1.82) is 0 Å². The Morgan fingerprint density at radius 3 is 2.56 bits per heavy atom. The lowest BCUT2D eigenvalue weighted by Crippen LogP contribution is -2.25. The molecule has 0 saturated carbocycles. The SMILES string of the molecule is CCOc1cc(/C=C2/NC(=O)N(C)C2=O)ccc1OCc1ccccc1Cl. The van der Waals surface area contributed by atoms with Crippen molar-refractivity contribution in [2.45, 2.75) is 13.5 Å². The van der Waals surface area contributed by atoms with Crippen molar-refractivity contribution in [2.24, 2.45) is 0 Å². The summed E-state index contributed by atoms with van der Waals surface area (Å²) in [7, 11) is 1.43. The highest BCUT2D eigenvalue weighted by atomic mass is 35.5. The first kappa shape index (κ1) is 18.8. The number of hydrogen-bond donors (Lipinski definition) is 1. The van der Waals surface area contributed by atoms with Crippen molar-refractivity contribution in [3.05, 3.63) is 64.3 Å². The zero-order valence-corrected chi connectivity index (χ0v) is 15.7. The van der Waals surface area contributed by atoms with Gasteiger partial charge in [-0.25, -0.2) is 4.79 Å². The molecule has 0 unspecified atom stereocenters. The molecule has 1 fully saturated rings. The number of carbonyl (C=O) groups is 2. The van der Waals surface area contributed by atoms with E-state index in [-0.39, 0.29) is 11.6 Å². The van der Waals surface area contributed by atoms with E-state index in [9.17, 15) is 9.59 Å². The fourth-order valence-electron chi connectivity index (χ4n) is 2.56. The van der Waals surface area contributed by atoms with Gasteiger partial charge in [-0.3, -0.25) is 9.69 Å². The third-order valence-electron chi connectivity index (χ3n) is 4.00. The Morgan fingerprint density at radius 2 is 1.89 bits per heavy atom. The molecule has 27 heavy (non-hydrogen) atoms. The molecule has 0 bridgehead atoms. The van der Waals surface area contributed by atoms with Crippen molar-refractivity contribution in [3.63, 3.8) is 0 Å². The number of nitrogens with one attached hydrogen (secondary N) is 1. The Bertz CT molecular complexity index is 911. The zero-order valence-electron chi connectivity index (χ0n) is 15.0. The van der Waals surface area contributed by atoms with Gasteiger partial charge in [0.25, 0.3) is 5.91 Å². The standard InChI is InChI=1S/C20H19ClN2O4/c1-3-26-18-11-13(10-16-19(24)23(2)20(25)22-16)8-9-17(18)27-12-14-6-4-5-7-15(14)21/h4-11H,3,12H2,1-2H3,(H,22,25)/b16-10+. The minimum atomic E-state index is -0.448. The topological polar surface area (TPSA) is 67.9 Å². The number of urea groups is 1. The van der Waals surface area contributed by atoms with Gasteiger partial charge in [0.1, 0.15) is 12.3 Å². The van der Waals surface area contributed by atoms with E-state index in [1.165, 1.54) is 7.05 Å². The second-order valence-electron chi connectivity index (χ2n) is 5.87. The summed E-state index contributed by atoms with van der Waals surface area (Å²) in [6.07, 6.45) is 1.60. The molecule has 2 aromatic rings. The number of rotatable bonds is 6. The maximum Gasteiger partial charge on any atom is 0.328 e. The number of hydrogen-bond acceptors (Lipinski definition) is 4. The van der Waals surface area contributed by atoms with Crippen LogP contribution in [-0.4, -0.2) is 30.5 Å². The molecule has 0 spiro atoms. The molecule has 1 heterocycles. The van der Waals surface area contributed by atoms with E-state index >= 15 is 0 Å². The molecule has 3 rings (SSSR count). The molecule has 1 saturated heterocycles. The maximum atomic E-state index is 12.0. The van der Waals surface area contributed by atoms with Gasteiger partial charge in [0.2, 0.25) is 0 Å². The van der Waals surface area contributed by atoms with Gasteiger partial charge < -0.3 is 14.8 Å². The lowest BCUT2D eigenvalue weighted by molar-refractivity contribution is -0.121. The number of imide groups is 1. The van der Waals surface area contributed by atoms with Gasteiger partial charge in [-0.2, -0.15) is 0 Å². The van der Waals surface area contributed by atoms with Crippen LogP contribution in [0, 0.1) is 0 Å². The Balaban J connectivity index is 1.81. The van der Waals surface area contributed by atoms with E-state index in [0.29, 0.717) is 35.3 Å². The average Bonchev–Trinajstić information content (AvgIpc) is 2.89. The van der Waals surface area contributed by atoms with Gasteiger partial charge in [-0.1, -0.05) is 35.9 Å². The number of halogens is 1. The number of nitrogens with zero attached hydrogens (tertiary/aromatic N) is 1. The summed E-state index contributed by atoms with van der Waals surface area (Å²) >= 11 is 6.16. The van der Waals surface area contributed by atoms with Crippen LogP contribution in [-0.2, 0) is 11.4 Å². The van der Waals surface area contributed by atoms with Crippen LogP contribution in [0.15, 0.2) is 48.2 Å². The molecule has 6 nitrogen and oxygen atoms in total. The second kappa shape index (κ2) is 8.14. The van der Waals surface area contributed by atoms with Crippen molar-refractivity contribution >= 4 is 29.6 Å². The van der Waals surface area contributed by atoms with Gasteiger partial charge in [-0.15, -0.1) is 0 Å². The number of amides is 3. The first-order chi connectivity index (χ1) is 13.0. The maximum absolute atomic E-state index is 12.0. The van der Waals surface area contributed by atoms with Gasteiger partial charge in [0.05, 0.1) is 6.61 Å². The highest BCUT2D eigenvalue weighted by Crippen LogP contribution is 2.31. The summed E-state index contributed by atoms with van der Waals surface area (Å²) in [5.74, 6) is 0.735. The molecule has 0 radical (unpaired) electrons. The third kappa shape index (κ3) is 4.23. The van der Waals surface area contributed by atoms with E-state index in [1.807, 2.05) is 31.2 Å². The highest BCUT2D eigenvalue weighted by Gasteiger charge is 2.29. The Labute approximate surface area is 162 Å². The van der Waals surface area contributed by atoms with Crippen LogP contribution < -0.4 is 14.8 Å². The molecule has 2 aromatic carbocycles. The minimum Gasteiger partial charge on any atom is -0.490 e. The first-order valence-electron chi connectivity index (χ1n) is 8.43. The zero-order chi connectivity index (χ0) is 19.4. The van der Waals surface area contributed by atoms with E-state index in [4.69, 9.17) is 21.1 Å². The number of benzene rings is 2. The van der Waals surface area contributed by atoms with Crippen LogP contribution in [0.1, 0.15) is 18.1 Å². The Kier molecular flexibility index (Phi) is 5.66. The summed E-state index contributed by atoms with van der Waals surface area (Å²) in [4.78, 5) is 24.6. The second-order valence-corrected chi connectivity index (χ2v) is 6.28. The Hall–Kier alpha value is -2.99. The fraction of sp³-hybridized carbons (Fsp3) is 0.200.